The zero-order chi connectivity index (χ0) is 16.7. The van der Waals surface area contributed by atoms with Gasteiger partial charge < -0.3 is 4.90 Å². The van der Waals surface area contributed by atoms with Gasteiger partial charge in [-0.25, -0.2) is 9.50 Å². The van der Waals surface area contributed by atoms with Gasteiger partial charge in [0.2, 0.25) is 0 Å². The van der Waals surface area contributed by atoms with Gasteiger partial charge in [-0.05, 0) is 32.4 Å². The van der Waals surface area contributed by atoms with E-state index in [4.69, 9.17) is 0 Å². The van der Waals surface area contributed by atoms with Gasteiger partial charge in [0.15, 0.2) is 5.65 Å². The molecular formula is C18H20N4O. The lowest BCUT2D eigenvalue weighted by molar-refractivity contribution is 0.0822. The number of carbonyl (C=O) groups is 1. The van der Waals surface area contributed by atoms with Crippen molar-refractivity contribution in [2.75, 3.05) is 14.1 Å². The Kier molecular flexibility index (Phi) is 3.64. The Morgan fingerprint density at radius 3 is 2.48 bits per heavy atom. The van der Waals surface area contributed by atoms with Crippen LogP contribution in [0.1, 0.15) is 27.3 Å². The number of rotatable bonds is 2. The second-order valence-corrected chi connectivity index (χ2v) is 6.10. The van der Waals surface area contributed by atoms with Crippen molar-refractivity contribution in [1.82, 2.24) is 19.5 Å². The van der Waals surface area contributed by atoms with Gasteiger partial charge >= 0.3 is 0 Å². The molecule has 0 saturated heterocycles. The van der Waals surface area contributed by atoms with E-state index >= 15 is 0 Å². The first-order chi connectivity index (χ1) is 10.9. The number of carbonyl (C=O) groups excluding carboxylic acids is 1. The predicted octanol–water partition coefficient (Wildman–Crippen LogP) is 3.02. The molecule has 1 aromatic carbocycles. The maximum Gasteiger partial charge on any atom is 0.272 e. The van der Waals surface area contributed by atoms with Crippen molar-refractivity contribution in [2.24, 2.45) is 0 Å². The van der Waals surface area contributed by atoms with E-state index < -0.39 is 0 Å². The number of amides is 1. The number of hydrogen-bond acceptors (Lipinski definition) is 3. The molecule has 0 spiro atoms. The Morgan fingerprint density at radius 2 is 1.83 bits per heavy atom. The topological polar surface area (TPSA) is 50.5 Å². The lowest BCUT2D eigenvalue weighted by Crippen LogP contribution is -2.23. The Balaban J connectivity index is 2.15. The minimum Gasteiger partial charge on any atom is -0.343 e. The normalized spacial score (nSPS) is 11.0. The van der Waals surface area contributed by atoms with Crippen LogP contribution in [0.15, 0.2) is 30.3 Å². The molecular weight excluding hydrogens is 288 g/mol. The minimum absolute atomic E-state index is 0.107. The van der Waals surface area contributed by atoms with Crippen LogP contribution < -0.4 is 0 Å². The smallest absolute Gasteiger partial charge is 0.272 e. The summed E-state index contributed by atoms with van der Waals surface area (Å²) in [5.41, 5.74) is 6.36. The Morgan fingerprint density at radius 1 is 1.09 bits per heavy atom. The molecule has 118 valence electrons. The molecule has 5 heteroatoms. The summed E-state index contributed by atoms with van der Waals surface area (Å²) in [5.74, 6) is -0.107. The van der Waals surface area contributed by atoms with Crippen molar-refractivity contribution in [3.05, 3.63) is 52.8 Å². The highest BCUT2D eigenvalue weighted by atomic mass is 16.2. The highest BCUT2D eigenvalue weighted by Gasteiger charge is 2.15. The van der Waals surface area contributed by atoms with Gasteiger partial charge in [0.1, 0.15) is 5.69 Å². The van der Waals surface area contributed by atoms with Crippen molar-refractivity contribution in [3.8, 4) is 11.3 Å². The summed E-state index contributed by atoms with van der Waals surface area (Å²) in [7, 11) is 3.45. The maximum absolute atomic E-state index is 12.1. The van der Waals surface area contributed by atoms with Crippen molar-refractivity contribution >= 4 is 11.6 Å². The SMILES string of the molecule is Cc1ccc(-c2cc3nc(C(=O)N(C)C)cc(C)n3n2)c(C)c1. The highest BCUT2D eigenvalue weighted by molar-refractivity contribution is 5.92. The lowest BCUT2D eigenvalue weighted by atomic mass is 10.0. The van der Waals surface area contributed by atoms with E-state index in [2.05, 4.69) is 42.1 Å². The number of aryl methyl sites for hydroxylation is 3. The van der Waals surface area contributed by atoms with Crippen LogP contribution in [0, 0.1) is 20.8 Å². The molecule has 0 bridgehead atoms. The molecule has 3 aromatic rings. The van der Waals surface area contributed by atoms with Crippen LogP contribution in [0.25, 0.3) is 16.9 Å². The van der Waals surface area contributed by atoms with Crippen molar-refractivity contribution in [2.45, 2.75) is 20.8 Å². The molecule has 1 amide bonds. The highest BCUT2D eigenvalue weighted by Crippen LogP contribution is 2.24. The summed E-state index contributed by atoms with van der Waals surface area (Å²) in [6.07, 6.45) is 0. The maximum atomic E-state index is 12.1. The third-order valence-corrected chi connectivity index (χ3v) is 3.89. The molecule has 5 nitrogen and oxygen atoms in total. The van der Waals surface area contributed by atoms with Gasteiger partial charge in [-0.3, -0.25) is 4.79 Å². The van der Waals surface area contributed by atoms with E-state index in [9.17, 15) is 4.79 Å². The van der Waals surface area contributed by atoms with Crippen LogP contribution in [-0.2, 0) is 0 Å². The molecule has 0 aliphatic carbocycles. The third-order valence-electron chi connectivity index (χ3n) is 3.89. The fourth-order valence-electron chi connectivity index (χ4n) is 2.70. The molecule has 0 unspecified atom stereocenters. The van der Waals surface area contributed by atoms with Crippen molar-refractivity contribution < 1.29 is 4.79 Å². The first kappa shape index (κ1) is 15.2. The zero-order valence-corrected chi connectivity index (χ0v) is 14.1. The van der Waals surface area contributed by atoms with Gasteiger partial charge in [0.05, 0.1) is 5.69 Å². The quantitative estimate of drug-likeness (QED) is 0.731. The largest absolute Gasteiger partial charge is 0.343 e. The first-order valence-corrected chi connectivity index (χ1v) is 7.53. The van der Waals surface area contributed by atoms with E-state index in [0.29, 0.717) is 11.3 Å². The van der Waals surface area contributed by atoms with Crippen molar-refractivity contribution in [3.63, 3.8) is 0 Å². The number of hydrogen-bond donors (Lipinski definition) is 0. The van der Waals surface area contributed by atoms with Crippen LogP contribution in [0.2, 0.25) is 0 Å². The molecule has 0 saturated carbocycles. The minimum atomic E-state index is -0.107. The Hall–Kier alpha value is -2.69. The number of aromatic nitrogens is 3. The van der Waals surface area contributed by atoms with Gasteiger partial charge in [0, 0.05) is 31.4 Å². The second kappa shape index (κ2) is 5.50. The molecule has 0 aliphatic heterocycles. The standard InChI is InChI=1S/C18H20N4O/c1-11-6-7-14(12(2)8-11)15-10-17-19-16(18(23)21(4)5)9-13(3)22(17)20-15/h6-10H,1-5H3. The van der Waals surface area contributed by atoms with E-state index in [1.807, 2.05) is 13.0 Å². The Labute approximate surface area is 135 Å². The number of nitrogens with zero attached hydrogens (tertiary/aromatic N) is 4. The van der Waals surface area contributed by atoms with Gasteiger partial charge in [0.25, 0.3) is 5.91 Å². The molecule has 2 aromatic heterocycles. The molecule has 23 heavy (non-hydrogen) atoms. The Bertz CT molecular complexity index is 909. The number of benzene rings is 1. The van der Waals surface area contributed by atoms with Gasteiger partial charge in [-0.15, -0.1) is 0 Å². The summed E-state index contributed by atoms with van der Waals surface area (Å²) in [4.78, 5) is 18.1. The average molecular weight is 308 g/mol. The summed E-state index contributed by atoms with van der Waals surface area (Å²) < 4.78 is 1.78. The zero-order valence-electron chi connectivity index (χ0n) is 14.1. The molecule has 2 heterocycles. The van der Waals surface area contributed by atoms with Crippen LogP contribution in [-0.4, -0.2) is 39.5 Å². The third kappa shape index (κ3) is 2.70. The monoisotopic (exact) mass is 308 g/mol. The first-order valence-electron chi connectivity index (χ1n) is 7.53. The van der Waals surface area contributed by atoms with E-state index in [1.165, 1.54) is 16.0 Å². The van der Waals surface area contributed by atoms with Crippen molar-refractivity contribution in [1.29, 1.82) is 0 Å². The van der Waals surface area contributed by atoms with Crippen LogP contribution in [0.4, 0.5) is 0 Å². The van der Waals surface area contributed by atoms with E-state index in [0.717, 1.165) is 17.0 Å². The van der Waals surface area contributed by atoms with E-state index in [1.54, 1.807) is 24.7 Å². The average Bonchev–Trinajstić information content (AvgIpc) is 2.90. The molecule has 0 aliphatic rings. The van der Waals surface area contributed by atoms with E-state index in [-0.39, 0.29) is 5.91 Å². The summed E-state index contributed by atoms with van der Waals surface area (Å²) >= 11 is 0. The predicted molar refractivity (Wildman–Crippen MR) is 90.7 cm³/mol. The summed E-state index contributed by atoms with van der Waals surface area (Å²) in [6.45, 7) is 6.08. The number of fused-ring (bicyclic) bond motifs is 1. The molecule has 0 N–H and O–H groups in total. The molecule has 3 rings (SSSR count). The van der Waals surface area contributed by atoms with Crippen LogP contribution >= 0.6 is 0 Å². The molecule has 0 atom stereocenters. The fraction of sp³-hybridized carbons (Fsp3) is 0.278. The van der Waals surface area contributed by atoms with Crippen LogP contribution in [0.5, 0.6) is 0 Å². The van der Waals surface area contributed by atoms with Gasteiger partial charge in [-0.2, -0.15) is 5.10 Å². The van der Waals surface area contributed by atoms with Crippen LogP contribution in [0.3, 0.4) is 0 Å². The molecule has 0 fully saturated rings. The fourth-order valence-corrected chi connectivity index (χ4v) is 2.70. The van der Waals surface area contributed by atoms with Gasteiger partial charge in [-0.1, -0.05) is 23.8 Å². The lowest BCUT2D eigenvalue weighted by Gasteiger charge is -2.10. The molecule has 0 radical (unpaired) electrons. The second-order valence-electron chi connectivity index (χ2n) is 6.10. The summed E-state index contributed by atoms with van der Waals surface area (Å²) in [5, 5.41) is 4.65. The summed E-state index contributed by atoms with van der Waals surface area (Å²) in [6, 6.07) is 9.99.